The number of hydrogen-bond acceptors (Lipinski definition) is 5. The molecule has 0 atom stereocenters. The molecule has 7 heteroatoms. The molecule has 1 aliphatic rings. The first kappa shape index (κ1) is 10.2. The normalized spacial score (nSPS) is 16.0. The zero-order valence-electron chi connectivity index (χ0n) is 7.91. The number of tetrazole rings is 1. The Balaban J connectivity index is 1.87. The second kappa shape index (κ2) is 4.43. The Morgan fingerprint density at radius 3 is 3.13 bits per heavy atom. The fraction of sp³-hybridized carbons (Fsp3) is 0.500. The maximum atomic E-state index is 10.2. The van der Waals surface area contributed by atoms with E-state index in [2.05, 4.69) is 15.5 Å². The summed E-state index contributed by atoms with van der Waals surface area (Å²) in [6.07, 6.45) is 4.96. The molecule has 1 saturated carbocycles. The summed E-state index contributed by atoms with van der Waals surface area (Å²) in [6.45, 7) is 0. The zero-order chi connectivity index (χ0) is 10.7. The Kier molecular flexibility index (Phi) is 3.00. The van der Waals surface area contributed by atoms with Crippen LogP contribution in [0.5, 0.6) is 0 Å². The van der Waals surface area contributed by atoms with Crippen molar-refractivity contribution in [3.63, 3.8) is 0 Å². The van der Waals surface area contributed by atoms with Gasteiger partial charge in [-0.3, -0.25) is 0 Å². The molecule has 1 aromatic rings. The first-order valence-electron chi connectivity index (χ1n) is 4.57. The van der Waals surface area contributed by atoms with E-state index in [0.29, 0.717) is 11.8 Å². The molecule has 1 aromatic heterocycles. The van der Waals surface area contributed by atoms with E-state index in [1.54, 1.807) is 10.8 Å². The van der Waals surface area contributed by atoms with E-state index in [1.165, 1.54) is 11.8 Å². The largest absolute Gasteiger partial charge is 0.478 e. The van der Waals surface area contributed by atoms with Crippen LogP contribution < -0.4 is 0 Å². The number of carbonyl (C=O) groups is 1. The Morgan fingerprint density at radius 1 is 1.67 bits per heavy atom. The number of rotatable bonds is 5. The molecule has 1 heterocycles. The predicted molar refractivity (Wildman–Crippen MR) is 53.6 cm³/mol. The molecule has 0 saturated heterocycles. The van der Waals surface area contributed by atoms with Gasteiger partial charge in [0, 0.05) is 11.8 Å². The van der Waals surface area contributed by atoms with Gasteiger partial charge >= 0.3 is 5.97 Å². The van der Waals surface area contributed by atoms with Gasteiger partial charge in [-0.15, -0.1) is 5.10 Å². The third kappa shape index (κ3) is 2.79. The van der Waals surface area contributed by atoms with Gasteiger partial charge in [-0.2, -0.15) is 0 Å². The maximum absolute atomic E-state index is 10.2. The molecule has 0 radical (unpaired) electrons. The maximum Gasteiger partial charge on any atom is 0.328 e. The quantitative estimate of drug-likeness (QED) is 0.589. The molecule has 0 amide bonds. The predicted octanol–water partition coefficient (Wildman–Crippen LogP) is 0.741. The van der Waals surface area contributed by atoms with Gasteiger partial charge in [0.2, 0.25) is 5.16 Å². The first-order valence-corrected chi connectivity index (χ1v) is 5.56. The van der Waals surface area contributed by atoms with Crippen molar-refractivity contribution in [2.45, 2.75) is 24.0 Å². The zero-order valence-corrected chi connectivity index (χ0v) is 8.72. The summed E-state index contributed by atoms with van der Waals surface area (Å²) in [7, 11) is 0. The molecule has 15 heavy (non-hydrogen) atoms. The monoisotopic (exact) mass is 226 g/mol. The standard InChI is InChI=1S/C8H10N4O2S/c13-7(14)2-1-5-15-8-9-10-11-12(8)6-3-4-6/h1-2,6H,3-5H2,(H,13,14). The number of carboxylic acids is 1. The summed E-state index contributed by atoms with van der Waals surface area (Å²) in [5.74, 6) is -0.364. The lowest BCUT2D eigenvalue weighted by molar-refractivity contribution is -0.131. The Labute approximate surface area is 90.4 Å². The third-order valence-corrected chi connectivity index (χ3v) is 2.81. The molecule has 0 unspecified atom stereocenters. The highest BCUT2D eigenvalue weighted by atomic mass is 32.2. The van der Waals surface area contributed by atoms with Crippen LogP contribution in [0.1, 0.15) is 18.9 Å². The van der Waals surface area contributed by atoms with Crippen LogP contribution in [0.15, 0.2) is 17.3 Å². The molecular weight excluding hydrogens is 216 g/mol. The second-order valence-corrected chi connectivity index (χ2v) is 4.18. The highest BCUT2D eigenvalue weighted by Gasteiger charge is 2.27. The topological polar surface area (TPSA) is 80.9 Å². The van der Waals surface area contributed by atoms with Crippen LogP contribution in [0.4, 0.5) is 0 Å². The summed E-state index contributed by atoms with van der Waals surface area (Å²) in [6, 6.07) is 0.450. The molecule has 0 aromatic carbocycles. The second-order valence-electron chi connectivity index (χ2n) is 3.19. The lowest BCUT2D eigenvalue weighted by atomic mass is 10.5. The fourth-order valence-corrected chi connectivity index (χ4v) is 1.85. The minimum atomic E-state index is -0.933. The number of carboxylic acid groups (broad SMARTS) is 1. The molecule has 0 spiro atoms. The average molecular weight is 226 g/mol. The van der Waals surface area contributed by atoms with Gasteiger partial charge in [0.05, 0.1) is 6.04 Å². The molecule has 6 nitrogen and oxygen atoms in total. The Morgan fingerprint density at radius 2 is 2.47 bits per heavy atom. The molecule has 0 aliphatic heterocycles. The van der Waals surface area contributed by atoms with Crippen molar-refractivity contribution >= 4 is 17.7 Å². The lowest BCUT2D eigenvalue weighted by Gasteiger charge is -1.98. The van der Waals surface area contributed by atoms with E-state index in [9.17, 15) is 4.79 Å². The molecule has 1 fully saturated rings. The summed E-state index contributed by atoms with van der Waals surface area (Å²) in [5.41, 5.74) is 0. The number of hydrogen-bond donors (Lipinski definition) is 1. The van der Waals surface area contributed by atoms with Crippen molar-refractivity contribution in [2.75, 3.05) is 5.75 Å². The van der Waals surface area contributed by atoms with Crippen molar-refractivity contribution < 1.29 is 9.90 Å². The van der Waals surface area contributed by atoms with Crippen LogP contribution in [-0.2, 0) is 4.79 Å². The Hall–Kier alpha value is -1.37. The van der Waals surface area contributed by atoms with Gasteiger partial charge in [0.15, 0.2) is 0 Å². The number of aromatic nitrogens is 4. The molecule has 1 N–H and O–H groups in total. The third-order valence-electron chi connectivity index (χ3n) is 1.92. The SMILES string of the molecule is O=C(O)C=CCSc1nnnn1C1CC1. The Bertz CT molecular complexity index is 386. The van der Waals surface area contributed by atoms with Crippen LogP contribution in [-0.4, -0.2) is 37.0 Å². The summed E-state index contributed by atoms with van der Waals surface area (Å²) < 4.78 is 1.80. The number of aliphatic carboxylic acids is 1. The smallest absolute Gasteiger partial charge is 0.328 e. The molecule has 2 rings (SSSR count). The van der Waals surface area contributed by atoms with Gasteiger partial charge in [0.1, 0.15) is 0 Å². The van der Waals surface area contributed by atoms with E-state index in [-0.39, 0.29) is 0 Å². The lowest BCUT2D eigenvalue weighted by Crippen LogP contribution is -1.98. The van der Waals surface area contributed by atoms with Crippen molar-refractivity contribution in [2.24, 2.45) is 0 Å². The van der Waals surface area contributed by atoms with Crippen LogP contribution in [0, 0.1) is 0 Å². The van der Waals surface area contributed by atoms with Crippen molar-refractivity contribution in [1.29, 1.82) is 0 Å². The van der Waals surface area contributed by atoms with Crippen LogP contribution in [0.25, 0.3) is 0 Å². The highest BCUT2D eigenvalue weighted by Crippen LogP contribution is 2.36. The fourth-order valence-electron chi connectivity index (χ4n) is 1.10. The summed E-state index contributed by atoms with van der Waals surface area (Å²) in [5, 5.41) is 20.5. The minimum absolute atomic E-state index is 0.450. The van der Waals surface area contributed by atoms with Crippen LogP contribution in [0.2, 0.25) is 0 Å². The molecule has 1 aliphatic carbocycles. The molecule has 80 valence electrons. The van der Waals surface area contributed by atoms with Gasteiger partial charge in [-0.25, -0.2) is 9.48 Å². The molecular formula is C8H10N4O2S. The van der Waals surface area contributed by atoms with E-state index >= 15 is 0 Å². The average Bonchev–Trinajstić information content (AvgIpc) is 2.93. The van der Waals surface area contributed by atoms with Crippen molar-refractivity contribution in [1.82, 2.24) is 20.2 Å². The van der Waals surface area contributed by atoms with Gasteiger partial charge < -0.3 is 5.11 Å². The van der Waals surface area contributed by atoms with E-state index in [4.69, 9.17) is 5.11 Å². The molecule has 0 bridgehead atoms. The van der Waals surface area contributed by atoms with E-state index in [1.807, 2.05) is 0 Å². The summed E-state index contributed by atoms with van der Waals surface area (Å²) >= 11 is 1.44. The minimum Gasteiger partial charge on any atom is -0.478 e. The van der Waals surface area contributed by atoms with Gasteiger partial charge in [-0.05, 0) is 23.3 Å². The van der Waals surface area contributed by atoms with Crippen molar-refractivity contribution in [3.05, 3.63) is 12.2 Å². The first-order chi connectivity index (χ1) is 7.27. The van der Waals surface area contributed by atoms with Gasteiger partial charge in [-0.1, -0.05) is 17.8 Å². The number of nitrogens with zero attached hydrogens (tertiary/aromatic N) is 4. The van der Waals surface area contributed by atoms with Crippen LogP contribution >= 0.6 is 11.8 Å². The van der Waals surface area contributed by atoms with E-state index < -0.39 is 5.97 Å². The highest BCUT2D eigenvalue weighted by molar-refractivity contribution is 7.99. The van der Waals surface area contributed by atoms with E-state index in [0.717, 1.165) is 24.1 Å². The van der Waals surface area contributed by atoms with Gasteiger partial charge in [0.25, 0.3) is 0 Å². The number of thioether (sulfide) groups is 1. The van der Waals surface area contributed by atoms with Crippen LogP contribution in [0.3, 0.4) is 0 Å². The van der Waals surface area contributed by atoms with Crippen molar-refractivity contribution in [3.8, 4) is 0 Å². The summed E-state index contributed by atoms with van der Waals surface area (Å²) in [4.78, 5) is 10.2.